The van der Waals surface area contributed by atoms with Crippen LogP contribution in [-0.4, -0.2) is 0 Å². The van der Waals surface area contributed by atoms with Crippen LogP contribution >= 0.6 is 0 Å². The minimum atomic E-state index is 0.954. The van der Waals surface area contributed by atoms with Gasteiger partial charge in [-0.1, -0.05) is 12.2 Å². The first-order chi connectivity index (χ1) is 4.47. The average Bonchev–Trinajstić information content (AvgIpc) is 2.33. The van der Waals surface area contributed by atoms with Crippen LogP contribution < -0.4 is 0 Å². The summed E-state index contributed by atoms with van der Waals surface area (Å²) < 4.78 is 0. The molecule has 0 aromatic rings. The van der Waals surface area contributed by atoms with Gasteiger partial charge in [-0.2, -0.15) is 0 Å². The average molecular weight is 121 g/mol. The van der Waals surface area contributed by atoms with Crippen molar-refractivity contribution in [2.24, 2.45) is 11.8 Å². The van der Waals surface area contributed by atoms with Crippen molar-refractivity contribution in [3.05, 3.63) is 18.6 Å². The fourth-order valence-corrected chi connectivity index (χ4v) is 2.04. The maximum absolute atomic E-state index is 2.51. The first-order valence-electron chi connectivity index (χ1n) is 3.95. The van der Waals surface area contributed by atoms with Gasteiger partial charge < -0.3 is 0 Å². The molecule has 0 bridgehead atoms. The first-order valence-corrected chi connectivity index (χ1v) is 3.95. The van der Waals surface area contributed by atoms with E-state index in [2.05, 4.69) is 18.6 Å². The van der Waals surface area contributed by atoms with Crippen molar-refractivity contribution in [2.75, 3.05) is 0 Å². The van der Waals surface area contributed by atoms with Gasteiger partial charge >= 0.3 is 0 Å². The van der Waals surface area contributed by atoms with Crippen molar-refractivity contribution < 1.29 is 0 Å². The van der Waals surface area contributed by atoms with Gasteiger partial charge in [0.1, 0.15) is 0 Å². The number of hydrogen-bond acceptors (Lipinski definition) is 0. The molecule has 2 aliphatic carbocycles. The van der Waals surface area contributed by atoms with Gasteiger partial charge in [0.25, 0.3) is 0 Å². The molecule has 1 saturated carbocycles. The second kappa shape index (κ2) is 2.17. The van der Waals surface area contributed by atoms with Crippen molar-refractivity contribution in [3.8, 4) is 0 Å². The summed E-state index contributed by atoms with van der Waals surface area (Å²) in [4.78, 5) is 0. The van der Waals surface area contributed by atoms with E-state index in [4.69, 9.17) is 0 Å². The van der Waals surface area contributed by atoms with E-state index < -0.39 is 0 Å². The third kappa shape index (κ3) is 0.910. The number of hydrogen-bond donors (Lipinski definition) is 0. The third-order valence-electron chi connectivity index (χ3n) is 2.63. The molecule has 0 N–H and O–H groups in total. The normalized spacial score (nSPS) is 40.9. The lowest BCUT2D eigenvalue weighted by atomic mass is 9.86. The lowest BCUT2D eigenvalue weighted by Crippen LogP contribution is -2.09. The van der Waals surface area contributed by atoms with Gasteiger partial charge in [-0.25, -0.2) is 0 Å². The molecule has 2 aliphatic rings. The van der Waals surface area contributed by atoms with E-state index in [9.17, 15) is 0 Å². The lowest BCUT2D eigenvalue weighted by Gasteiger charge is -2.19. The van der Waals surface area contributed by atoms with Gasteiger partial charge in [0, 0.05) is 0 Å². The van der Waals surface area contributed by atoms with Crippen LogP contribution in [0.5, 0.6) is 0 Å². The van der Waals surface area contributed by atoms with Crippen molar-refractivity contribution in [1.82, 2.24) is 0 Å². The minimum absolute atomic E-state index is 0.954. The largest absolute Gasteiger partial charge is 0.0882 e. The Bertz CT molecular complexity index is 110. The molecule has 1 radical (unpaired) electrons. The lowest BCUT2D eigenvalue weighted by molar-refractivity contribution is 0.410. The fraction of sp³-hybridized carbons (Fsp3) is 0.667. The van der Waals surface area contributed by atoms with E-state index in [1.54, 1.807) is 0 Å². The molecular formula is C9H13. The van der Waals surface area contributed by atoms with Crippen molar-refractivity contribution in [1.29, 1.82) is 0 Å². The predicted molar refractivity (Wildman–Crippen MR) is 38.9 cm³/mol. The zero-order valence-corrected chi connectivity index (χ0v) is 5.72. The zero-order valence-electron chi connectivity index (χ0n) is 5.72. The second-order valence-corrected chi connectivity index (χ2v) is 3.18. The molecule has 2 rings (SSSR count). The monoisotopic (exact) mass is 121 g/mol. The van der Waals surface area contributed by atoms with Crippen LogP contribution in [0.3, 0.4) is 0 Å². The number of rotatable bonds is 0. The molecule has 0 nitrogen and oxygen atoms in total. The summed E-state index contributed by atoms with van der Waals surface area (Å²) in [5, 5.41) is 0. The molecular weight excluding hydrogens is 108 g/mol. The zero-order chi connectivity index (χ0) is 6.10. The maximum atomic E-state index is 2.51. The maximum Gasteiger partial charge on any atom is -0.0317 e. The van der Waals surface area contributed by atoms with Crippen molar-refractivity contribution in [2.45, 2.75) is 25.7 Å². The summed E-state index contributed by atoms with van der Waals surface area (Å²) in [6, 6.07) is 0. The van der Waals surface area contributed by atoms with E-state index in [1.807, 2.05) is 0 Å². The van der Waals surface area contributed by atoms with E-state index in [0.717, 1.165) is 11.8 Å². The predicted octanol–water partition coefficient (Wildman–Crippen LogP) is 2.57. The Kier molecular flexibility index (Phi) is 1.33. The van der Waals surface area contributed by atoms with E-state index in [1.165, 1.54) is 25.7 Å². The van der Waals surface area contributed by atoms with Crippen molar-refractivity contribution >= 4 is 0 Å². The molecule has 0 saturated heterocycles. The van der Waals surface area contributed by atoms with E-state index in [-0.39, 0.29) is 0 Å². The second-order valence-electron chi connectivity index (χ2n) is 3.18. The Morgan fingerprint density at radius 1 is 1.11 bits per heavy atom. The summed E-state index contributed by atoms with van der Waals surface area (Å²) in [7, 11) is 0. The fourth-order valence-electron chi connectivity index (χ4n) is 2.04. The van der Waals surface area contributed by atoms with E-state index >= 15 is 0 Å². The van der Waals surface area contributed by atoms with Gasteiger partial charge in [-0.15, -0.1) is 0 Å². The Labute approximate surface area is 57.0 Å². The molecule has 0 heterocycles. The summed E-state index contributed by atoms with van der Waals surface area (Å²) in [6.07, 6.45) is 12.7. The van der Waals surface area contributed by atoms with Crippen LogP contribution in [0, 0.1) is 18.3 Å². The molecule has 49 valence electrons. The van der Waals surface area contributed by atoms with Crippen LogP contribution in [0.4, 0.5) is 0 Å². The van der Waals surface area contributed by atoms with E-state index in [0.29, 0.717) is 0 Å². The topological polar surface area (TPSA) is 0 Å². The van der Waals surface area contributed by atoms with Crippen molar-refractivity contribution in [3.63, 3.8) is 0 Å². The standard InChI is InChI=1S/C9H13/c1-2-5-9-7-3-6-8(9)4-1/h1-2,6,8-9H,3-5,7H2. The molecule has 9 heavy (non-hydrogen) atoms. The summed E-state index contributed by atoms with van der Waals surface area (Å²) in [5.41, 5.74) is 0. The highest BCUT2D eigenvalue weighted by Gasteiger charge is 2.26. The highest BCUT2D eigenvalue weighted by Crippen LogP contribution is 2.38. The molecule has 1 fully saturated rings. The Balaban J connectivity index is 2.07. The molecule has 0 spiro atoms. The summed E-state index contributed by atoms with van der Waals surface area (Å²) in [6.45, 7) is 0. The molecule has 0 aromatic carbocycles. The summed E-state index contributed by atoms with van der Waals surface area (Å²) >= 11 is 0. The van der Waals surface area contributed by atoms with Gasteiger partial charge in [-0.3, -0.25) is 0 Å². The molecule has 2 unspecified atom stereocenters. The molecule has 0 aliphatic heterocycles. The van der Waals surface area contributed by atoms with Gasteiger partial charge in [0.15, 0.2) is 0 Å². The van der Waals surface area contributed by atoms with Crippen LogP contribution in [0.25, 0.3) is 0 Å². The smallest absolute Gasteiger partial charge is 0.0317 e. The quantitative estimate of drug-likeness (QED) is 0.432. The van der Waals surface area contributed by atoms with Gasteiger partial charge in [-0.05, 0) is 43.9 Å². The number of allylic oxidation sites excluding steroid dienone is 2. The minimum Gasteiger partial charge on any atom is -0.0882 e. The van der Waals surface area contributed by atoms with Gasteiger partial charge in [0.05, 0.1) is 0 Å². The van der Waals surface area contributed by atoms with Crippen LogP contribution in [-0.2, 0) is 0 Å². The molecule has 0 aromatic heterocycles. The molecule has 0 heteroatoms. The Morgan fingerprint density at radius 3 is 2.89 bits per heavy atom. The van der Waals surface area contributed by atoms with Crippen LogP contribution in [0.1, 0.15) is 25.7 Å². The SMILES string of the molecule is [CH]1CCC2CC=CCC12. The Hall–Kier alpha value is -0.260. The first kappa shape index (κ1) is 5.52. The highest BCUT2D eigenvalue weighted by atomic mass is 14.3. The van der Waals surface area contributed by atoms with Gasteiger partial charge in [0.2, 0.25) is 0 Å². The van der Waals surface area contributed by atoms with Crippen LogP contribution in [0.15, 0.2) is 12.2 Å². The molecule has 0 amide bonds. The molecule has 2 atom stereocenters. The summed E-state index contributed by atoms with van der Waals surface area (Å²) in [5.74, 6) is 1.98. The number of fused-ring (bicyclic) bond motifs is 1. The highest BCUT2D eigenvalue weighted by molar-refractivity contribution is 5.02. The Morgan fingerprint density at radius 2 is 2.00 bits per heavy atom. The third-order valence-corrected chi connectivity index (χ3v) is 2.63. The van der Waals surface area contributed by atoms with Crippen LogP contribution in [0.2, 0.25) is 0 Å².